The van der Waals surface area contributed by atoms with Gasteiger partial charge in [-0.2, -0.15) is 0 Å². The number of nitrogens with zero attached hydrogens (tertiary/aromatic N) is 5. The summed E-state index contributed by atoms with van der Waals surface area (Å²) in [6.07, 6.45) is 6.50. The zero-order valence-corrected chi connectivity index (χ0v) is 30.0. The molecular formula is C39H44ClFN6O5. The molecule has 7 rings (SSSR count). The number of carboxylic acids is 1. The van der Waals surface area contributed by atoms with Gasteiger partial charge >= 0.3 is 5.97 Å². The number of likely N-dealkylation sites (tertiary alicyclic amines) is 1. The first-order chi connectivity index (χ1) is 25.1. The normalized spacial score (nSPS) is 22.5. The van der Waals surface area contributed by atoms with Crippen molar-refractivity contribution in [2.24, 2.45) is 13.0 Å². The van der Waals surface area contributed by atoms with E-state index in [1.165, 1.54) is 12.1 Å². The summed E-state index contributed by atoms with van der Waals surface area (Å²) in [6.45, 7) is 4.13. The second kappa shape index (κ2) is 15.6. The number of carbonyl (C=O) groups is 3. The first-order valence-corrected chi connectivity index (χ1v) is 18.4. The Balaban J connectivity index is 1.02. The summed E-state index contributed by atoms with van der Waals surface area (Å²) in [6, 6.07) is 15.9. The second-order valence-corrected chi connectivity index (χ2v) is 14.6. The van der Waals surface area contributed by atoms with Crippen LogP contribution < -0.4 is 10.2 Å². The van der Waals surface area contributed by atoms with Gasteiger partial charge in [-0.3, -0.25) is 19.3 Å². The number of halogens is 2. The van der Waals surface area contributed by atoms with Gasteiger partial charge in [-0.15, -0.1) is 0 Å². The van der Waals surface area contributed by atoms with Gasteiger partial charge in [-0.05, 0) is 68.0 Å². The van der Waals surface area contributed by atoms with Gasteiger partial charge in [0.25, 0.3) is 5.91 Å². The summed E-state index contributed by atoms with van der Waals surface area (Å²) < 4.78 is 23.8. The number of aliphatic carboxylic acids is 1. The van der Waals surface area contributed by atoms with E-state index in [2.05, 4.69) is 20.1 Å². The smallest absolute Gasteiger partial charge is 0.306 e. The van der Waals surface area contributed by atoms with Crippen LogP contribution in [0.15, 0.2) is 67.0 Å². The van der Waals surface area contributed by atoms with Crippen LogP contribution in [0.25, 0.3) is 10.9 Å². The van der Waals surface area contributed by atoms with Crippen LogP contribution in [0, 0.1) is 11.7 Å². The molecule has 0 spiro atoms. The van der Waals surface area contributed by atoms with Crippen molar-refractivity contribution < 1.29 is 28.6 Å². The molecule has 3 aliphatic rings. The molecular weight excluding hydrogens is 687 g/mol. The summed E-state index contributed by atoms with van der Waals surface area (Å²) in [7, 11) is 1.85. The number of fused-ring (bicyclic) bond motifs is 1. The predicted molar refractivity (Wildman–Crippen MR) is 197 cm³/mol. The molecule has 0 bridgehead atoms. The van der Waals surface area contributed by atoms with Crippen LogP contribution in [0.4, 0.5) is 15.9 Å². The summed E-state index contributed by atoms with van der Waals surface area (Å²) >= 11 is 6.59. The van der Waals surface area contributed by atoms with Crippen molar-refractivity contribution in [3.8, 4) is 0 Å². The van der Waals surface area contributed by atoms with Crippen LogP contribution in [0.5, 0.6) is 0 Å². The summed E-state index contributed by atoms with van der Waals surface area (Å²) in [5, 5.41) is 13.1. The zero-order valence-electron chi connectivity index (χ0n) is 29.2. The molecule has 52 heavy (non-hydrogen) atoms. The molecule has 2 N–H and O–H groups in total. The molecule has 2 amide bonds. The average molecular weight is 731 g/mol. The highest BCUT2D eigenvalue weighted by atomic mass is 35.5. The number of hydrogen-bond donors (Lipinski definition) is 2. The highest BCUT2D eigenvalue weighted by Crippen LogP contribution is 2.32. The van der Waals surface area contributed by atoms with Crippen LogP contribution >= 0.6 is 11.6 Å². The number of para-hydroxylation sites is 1. The fraction of sp³-hybridized carbons (Fsp3) is 0.436. The summed E-state index contributed by atoms with van der Waals surface area (Å²) in [4.78, 5) is 49.7. The maximum atomic E-state index is 15.6. The second-order valence-electron chi connectivity index (χ2n) is 14.2. The van der Waals surface area contributed by atoms with Gasteiger partial charge in [0.2, 0.25) is 5.91 Å². The Morgan fingerprint density at radius 2 is 1.77 bits per heavy atom. The third-order valence-electron chi connectivity index (χ3n) is 10.9. The van der Waals surface area contributed by atoms with Gasteiger partial charge in [0.05, 0.1) is 47.4 Å². The highest BCUT2D eigenvalue weighted by molar-refractivity contribution is 6.34. The molecule has 1 saturated carbocycles. The maximum absolute atomic E-state index is 15.6. The molecule has 4 aromatic rings. The first-order valence-electron chi connectivity index (χ1n) is 18.0. The minimum absolute atomic E-state index is 0.0543. The largest absolute Gasteiger partial charge is 0.481 e. The predicted octanol–water partition coefficient (Wildman–Crippen LogP) is 5.61. The molecule has 2 saturated heterocycles. The molecule has 2 aromatic heterocycles. The van der Waals surface area contributed by atoms with Gasteiger partial charge in [-0.25, -0.2) is 9.37 Å². The molecule has 2 atom stereocenters. The Hall–Kier alpha value is -4.52. The van der Waals surface area contributed by atoms with Crippen molar-refractivity contribution in [3.63, 3.8) is 0 Å². The van der Waals surface area contributed by atoms with Crippen LogP contribution in [0.3, 0.4) is 0 Å². The number of amides is 2. The van der Waals surface area contributed by atoms with E-state index in [9.17, 15) is 19.5 Å². The number of pyridine rings is 1. The van der Waals surface area contributed by atoms with Crippen LogP contribution in [-0.2, 0) is 27.8 Å². The van der Waals surface area contributed by atoms with E-state index >= 15 is 4.39 Å². The van der Waals surface area contributed by atoms with Gasteiger partial charge < -0.3 is 29.5 Å². The molecule has 2 aromatic carbocycles. The van der Waals surface area contributed by atoms with E-state index < -0.39 is 17.7 Å². The Kier molecular flexibility index (Phi) is 10.8. The first kappa shape index (κ1) is 35.9. The Morgan fingerprint density at radius 3 is 2.50 bits per heavy atom. The van der Waals surface area contributed by atoms with E-state index in [0.29, 0.717) is 44.4 Å². The van der Waals surface area contributed by atoms with Crippen molar-refractivity contribution >= 4 is 51.8 Å². The van der Waals surface area contributed by atoms with Crippen molar-refractivity contribution in [2.45, 2.75) is 56.7 Å². The fourth-order valence-corrected chi connectivity index (χ4v) is 8.23. The number of aromatic nitrogens is 2. The van der Waals surface area contributed by atoms with Crippen molar-refractivity contribution in [3.05, 3.63) is 89.0 Å². The number of benzene rings is 2. The minimum Gasteiger partial charge on any atom is -0.481 e. The molecule has 274 valence electrons. The molecule has 4 heterocycles. The molecule has 0 radical (unpaired) electrons. The number of hydrogen-bond acceptors (Lipinski definition) is 7. The Morgan fingerprint density at radius 1 is 1.02 bits per heavy atom. The lowest BCUT2D eigenvalue weighted by atomic mass is 9.87. The van der Waals surface area contributed by atoms with E-state index in [4.69, 9.17) is 16.3 Å². The summed E-state index contributed by atoms with van der Waals surface area (Å²) in [5.41, 5.74) is 1.61. The van der Waals surface area contributed by atoms with Crippen molar-refractivity contribution in [1.82, 2.24) is 19.4 Å². The van der Waals surface area contributed by atoms with Crippen LogP contribution in [0.2, 0.25) is 5.02 Å². The Labute approximate surface area is 307 Å². The molecule has 1 aliphatic carbocycles. The van der Waals surface area contributed by atoms with Crippen LogP contribution in [0.1, 0.15) is 48.0 Å². The highest BCUT2D eigenvalue weighted by Gasteiger charge is 2.40. The fourth-order valence-electron chi connectivity index (χ4n) is 8.00. The monoisotopic (exact) mass is 730 g/mol. The maximum Gasteiger partial charge on any atom is 0.306 e. The van der Waals surface area contributed by atoms with Gasteiger partial charge in [0.1, 0.15) is 11.6 Å². The van der Waals surface area contributed by atoms with Gasteiger partial charge in [0.15, 0.2) is 0 Å². The number of carbonyl (C=O) groups excluding carboxylic acids is 2. The number of nitrogens with one attached hydrogen (secondary N) is 1. The Bertz CT molecular complexity index is 1930. The number of carboxylic acid groups (broad SMARTS) is 1. The lowest BCUT2D eigenvalue weighted by molar-refractivity contribution is -0.144. The molecule has 3 fully saturated rings. The number of ether oxygens (including phenoxy) is 1. The third kappa shape index (κ3) is 7.79. The SMILES string of the molecule is Cn1cc(C(=O)Nc2cc(F)c(CC(=O)N3C[C@@H](N4CCN(c5ccccn5)CC4)C[C@H]3COC3CCC(C(=O)O)CC3)cc2Cl)c2ccccc21. The quantitative estimate of drug-likeness (QED) is 0.216. The average Bonchev–Trinajstić information content (AvgIpc) is 3.75. The van der Waals surface area contributed by atoms with Gasteiger partial charge in [0, 0.05) is 69.1 Å². The minimum atomic E-state index is -0.760. The zero-order chi connectivity index (χ0) is 36.4. The number of aryl methyl sites for hydroxylation is 1. The van der Waals surface area contributed by atoms with Crippen molar-refractivity contribution in [1.29, 1.82) is 0 Å². The lowest BCUT2D eigenvalue weighted by Gasteiger charge is -2.38. The van der Waals surface area contributed by atoms with E-state index in [1.54, 1.807) is 12.4 Å². The molecule has 2 aliphatic heterocycles. The van der Waals surface area contributed by atoms with Crippen LogP contribution in [-0.4, -0.2) is 99.8 Å². The lowest BCUT2D eigenvalue weighted by Crippen LogP contribution is -2.51. The number of rotatable bonds is 10. The van der Waals surface area contributed by atoms with E-state index in [-0.39, 0.29) is 52.7 Å². The van der Waals surface area contributed by atoms with E-state index in [0.717, 1.165) is 49.3 Å². The molecule has 13 heteroatoms. The van der Waals surface area contributed by atoms with E-state index in [1.807, 2.05) is 59.0 Å². The number of piperazine rings is 1. The third-order valence-corrected chi connectivity index (χ3v) is 11.2. The molecule has 11 nitrogen and oxygen atoms in total. The standard InChI is InChI=1S/C39H44ClFN6O5/c1-44-23-31(30-6-2-3-7-35(30)44)38(49)43-34-21-33(41)26(18-32(34)40)19-37(48)47-22-27(45-14-16-46(17-15-45)36-8-4-5-13-42-36)20-28(47)24-52-29-11-9-25(10-12-29)39(50)51/h2-8,13,18,21,23,25,27-29H,9-12,14-17,19-20,22,24H2,1H3,(H,43,49)(H,50,51)/t25?,27-,28-,29?/m0/s1. The molecule has 0 unspecified atom stereocenters. The summed E-state index contributed by atoms with van der Waals surface area (Å²) in [5.74, 6) is -1.40. The number of anilines is 2. The van der Waals surface area contributed by atoms with Crippen molar-refractivity contribution in [2.75, 3.05) is 49.5 Å². The van der Waals surface area contributed by atoms with Gasteiger partial charge in [-0.1, -0.05) is 35.9 Å². The topological polar surface area (TPSA) is 120 Å².